The Kier molecular flexibility index (Phi) is 8.10. The quantitative estimate of drug-likeness (QED) is 0.172. The molecular formula is C52H34F3N3. The molecule has 58 heavy (non-hydrogen) atoms. The van der Waals surface area contributed by atoms with Crippen molar-refractivity contribution in [3.8, 4) is 50.8 Å². The molecule has 0 spiro atoms. The van der Waals surface area contributed by atoms with Gasteiger partial charge in [0.25, 0.3) is 0 Å². The molecular weight excluding hydrogens is 724 g/mol. The first-order chi connectivity index (χ1) is 28.2. The van der Waals surface area contributed by atoms with E-state index in [4.69, 9.17) is 0 Å². The van der Waals surface area contributed by atoms with E-state index in [0.29, 0.717) is 22.5 Å². The summed E-state index contributed by atoms with van der Waals surface area (Å²) in [5.41, 5.74) is 10.9. The fourth-order valence-corrected chi connectivity index (χ4v) is 8.69. The number of para-hydroxylation sites is 2. The largest absolute Gasteiger partial charge is 0.417 e. The van der Waals surface area contributed by atoms with Crippen LogP contribution in [0.1, 0.15) is 22.3 Å². The minimum Gasteiger partial charge on any atom is -0.308 e. The van der Waals surface area contributed by atoms with Gasteiger partial charge in [0.2, 0.25) is 0 Å². The zero-order valence-electron chi connectivity index (χ0n) is 31.6. The molecule has 0 amide bonds. The number of nitriles is 1. The Morgan fingerprint density at radius 3 is 1.36 bits per heavy atom. The molecule has 0 N–H and O–H groups in total. The third kappa shape index (κ3) is 5.66. The first-order valence-corrected chi connectivity index (χ1v) is 19.1. The SMILES string of the molecule is Cc1cccc(-c2ccc3c(c2)c2ccccc2n3-c2cc(-c3ccccc3C(F)(F)F)cc(-n3c4ccccc4c4cc(-c5cccc(C)c5)ccc43)c2C#N)c1. The van der Waals surface area contributed by atoms with E-state index in [0.717, 1.165) is 83.1 Å². The predicted octanol–water partition coefficient (Wildman–Crippen LogP) is 14.4. The van der Waals surface area contributed by atoms with Gasteiger partial charge in [-0.2, -0.15) is 18.4 Å². The van der Waals surface area contributed by atoms with Crippen LogP contribution in [0.4, 0.5) is 13.2 Å². The molecule has 0 bridgehead atoms. The van der Waals surface area contributed by atoms with Gasteiger partial charge < -0.3 is 9.13 Å². The molecule has 6 heteroatoms. The maximum atomic E-state index is 14.8. The second-order valence-electron chi connectivity index (χ2n) is 15.0. The van der Waals surface area contributed by atoms with Crippen molar-refractivity contribution in [2.24, 2.45) is 0 Å². The van der Waals surface area contributed by atoms with Crippen LogP contribution < -0.4 is 0 Å². The Balaban J connectivity index is 1.32. The van der Waals surface area contributed by atoms with E-state index in [1.165, 1.54) is 12.1 Å². The molecule has 2 heterocycles. The number of halogens is 3. The first-order valence-electron chi connectivity index (χ1n) is 19.1. The van der Waals surface area contributed by atoms with Crippen molar-refractivity contribution in [1.29, 1.82) is 5.26 Å². The molecule has 0 unspecified atom stereocenters. The van der Waals surface area contributed by atoms with Gasteiger partial charge in [-0.25, -0.2) is 0 Å². The second-order valence-corrected chi connectivity index (χ2v) is 15.0. The van der Waals surface area contributed by atoms with E-state index in [9.17, 15) is 18.4 Å². The second kappa shape index (κ2) is 13.4. The van der Waals surface area contributed by atoms with Crippen molar-refractivity contribution >= 4 is 43.6 Å². The average molecular weight is 758 g/mol. The molecule has 0 aliphatic rings. The van der Waals surface area contributed by atoms with Gasteiger partial charge in [-0.1, -0.05) is 126 Å². The highest BCUT2D eigenvalue weighted by molar-refractivity contribution is 6.12. The number of rotatable bonds is 5. The highest BCUT2D eigenvalue weighted by atomic mass is 19.4. The van der Waals surface area contributed by atoms with Gasteiger partial charge in [0.05, 0.1) is 39.0 Å². The molecule has 278 valence electrons. The molecule has 8 aromatic carbocycles. The number of nitrogens with zero attached hydrogens (tertiary/aromatic N) is 3. The highest BCUT2D eigenvalue weighted by Gasteiger charge is 2.34. The van der Waals surface area contributed by atoms with Crippen molar-refractivity contribution in [2.45, 2.75) is 20.0 Å². The van der Waals surface area contributed by atoms with Crippen LogP contribution in [0.3, 0.4) is 0 Å². The Hall–Kier alpha value is -7.36. The minimum absolute atomic E-state index is 0.0343. The van der Waals surface area contributed by atoms with E-state index in [2.05, 4.69) is 105 Å². The molecule has 0 saturated heterocycles. The summed E-state index contributed by atoms with van der Waals surface area (Å²) in [6, 6.07) is 57.0. The number of aryl methyl sites for hydroxylation is 2. The number of aromatic nitrogens is 2. The van der Waals surface area contributed by atoms with E-state index < -0.39 is 11.7 Å². The summed E-state index contributed by atoms with van der Waals surface area (Å²) in [6.07, 6.45) is -4.61. The smallest absolute Gasteiger partial charge is 0.308 e. The summed E-state index contributed by atoms with van der Waals surface area (Å²) < 4.78 is 48.5. The van der Waals surface area contributed by atoms with Crippen molar-refractivity contribution < 1.29 is 13.2 Å². The van der Waals surface area contributed by atoms with Gasteiger partial charge in [-0.15, -0.1) is 0 Å². The third-order valence-corrected chi connectivity index (χ3v) is 11.3. The lowest BCUT2D eigenvalue weighted by Crippen LogP contribution is -2.09. The molecule has 10 aromatic rings. The highest BCUT2D eigenvalue weighted by Crippen LogP contribution is 2.44. The fraction of sp³-hybridized carbons (Fsp3) is 0.0577. The predicted molar refractivity (Wildman–Crippen MR) is 231 cm³/mol. The van der Waals surface area contributed by atoms with Gasteiger partial charge in [-0.05, 0) is 102 Å². The van der Waals surface area contributed by atoms with Crippen molar-refractivity contribution in [3.63, 3.8) is 0 Å². The normalized spacial score (nSPS) is 11.9. The molecule has 0 atom stereocenters. The van der Waals surface area contributed by atoms with Gasteiger partial charge >= 0.3 is 6.18 Å². The zero-order chi connectivity index (χ0) is 39.7. The lowest BCUT2D eigenvalue weighted by Gasteiger charge is -2.20. The monoisotopic (exact) mass is 757 g/mol. The van der Waals surface area contributed by atoms with Crippen LogP contribution >= 0.6 is 0 Å². The Morgan fingerprint density at radius 1 is 0.431 bits per heavy atom. The van der Waals surface area contributed by atoms with Crippen LogP contribution in [-0.2, 0) is 6.18 Å². The molecule has 0 aliphatic carbocycles. The minimum atomic E-state index is -4.61. The van der Waals surface area contributed by atoms with E-state index in [1.54, 1.807) is 18.2 Å². The van der Waals surface area contributed by atoms with Crippen LogP contribution in [-0.4, -0.2) is 9.13 Å². The lowest BCUT2D eigenvalue weighted by molar-refractivity contribution is -0.137. The standard InChI is InChI=1S/C52H34F3N3/c1-32-11-9-13-34(25-32)36-21-23-48-42(27-36)40-16-4-7-19-46(40)57(48)50-29-38(39-15-3-6-18-45(39)52(53,54)55)30-51(44(50)31-56)58-47-20-8-5-17-41(47)43-28-37(22-24-49(43)58)35-14-10-12-33(2)26-35/h3-30H,1-2H3. The summed E-state index contributed by atoms with van der Waals surface area (Å²) in [7, 11) is 0. The Bertz CT molecular complexity index is 3140. The number of hydrogen-bond acceptors (Lipinski definition) is 1. The van der Waals surface area contributed by atoms with Crippen LogP contribution in [0, 0.1) is 25.2 Å². The number of benzene rings is 8. The molecule has 0 fully saturated rings. The Labute approximate surface area is 333 Å². The first kappa shape index (κ1) is 35.1. The van der Waals surface area contributed by atoms with Crippen LogP contribution in [0.25, 0.3) is 88.4 Å². The van der Waals surface area contributed by atoms with E-state index in [1.807, 2.05) is 57.7 Å². The van der Waals surface area contributed by atoms with Crippen molar-refractivity contribution in [2.75, 3.05) is 0 Å². The maximum absolute atomic E-state index is 14.8. The number of hydrogen-bond donors (Lipinski definition) is 0. The fourth-order valence-electron chi connectivity index (χ4n) is 8.69. The summed E-state index contributed by atoms with van der Waals surface area (Å²) in [4.78, 5) is 0. The average Bonchev–Trinajstić information content (AvgIpc) is 3.75. The van der Waals surface area contributed by atoms with E-state index >= 15 is 0 Å². The van der Waals surface area contributed by atoms with Gasteiger partial charge in [0.15, 0.2) is 0 Å². The topological polar surface area (TPSA) is 33.6 Å². The van der Waals surface area contributed by atoms with Gasteiger partial charge in [-0.3, -0.25) is 0 Å². The van der Waals surface area contributed by atoms with Gasteiger partial charge in [0.1, 0.15) is 11.6 Å². The lowest BCUT2D eigenvalue weighted by atomic mass is 9.96. The van der Waals surface area contributed by atoms with Crippen molar-refractivity contribution in [3.05, 3.63) is 192 Å². The summed E-state index contributed by atoms with van der Waals surface area (Å²) >= 11 is 0. The van der Waals surface area contributed by atoms with E-state index in [-0.39, 0.29) is 5.56 Å². The number of fused-ring (bicyclic) bond motifs is 6. The van der Waals surface area contributed by atoms with Crippen LogP contribution in [0.15, 0.2) is 170 Å². The van der Waals surface area contributed by atoms with Crippen LogP contribution in [0.5, 0.6) is 0 Å². The van der Waals surface area contributed by atoms with Gasteiger partial charge in [0, 0.05) is 21.5 Å². The maximum Gasteiger partial charge on any atom is 0.417 e. The molecule has 0 radical (unpaired) electrons. The zero-order valence-corrected chi connectivity index (χ0v) is 31.6. The summed E-state index contributed by atoms with van der Waals surface area (Å²) in [6.45, 7) is 4.14. The summed E-state index contributed by atoms with van der Waals surface area (Å²) in [5, 5.41) is 15.2. The molecule has 0 aliphatic heterocycles. The molecule has 2 aromatic heterocycles. The summed E-state index contributed by atoms with van der Waals surface area (Å²) in [5.74, 6) is 0. The van der Waals surface area contributed by atoms with Crippen molar-refractivity contribution in [1.82, 2.24) is 9.13 Å². The number of alkyl halides is 3. The Morgan fingerprint density at radius 2 is 0.879 bits per heavy atom. The molecule has 10 rings (SSSR count). The third-order valence-electron chi connectivity index (χ3n) is 11.3. The molecule has 0 saturated carbocycles. The van der Waals surface area contributed by atoms with Crippen LogP contribution in [0.2, 0.25) is 0 Å². The molecule has 3 nitrogen and oxygen atoms in total.